The highest BCUT2D eigenvalue weighted by molar-refractivity contribution is 5.93. The van der Waals surface area contributed by atoms with Crippen molar-refractivity contribution in [2.24, 2.45) is 0 Å². The summed E-state index contributed by atoms with van der Waals surface area (Å²) in [7, 11) is 0. The molecule has 23 heavy (non-hydrogen) atoms. The molecule has 1 aromatic rings. The highest BCUT2D eigenvalue weighted by Crippen LogP contribution is 2.23. The first-order valence-corrected chi connectivity index (χ1v) is 7.51. The topological polar surface area (TPSA) is 81.7 Å². The fourth-order valence-corrected chi connectivity index (χ4v) is 1.89. The first-order valence-electron chi connectivity index (χ1n) is 7.51. The van der Waals surface area contributed by atoms with Crippen molar-refractivity contribution in [2.45, 2.75) is 31.9 Å². The standard InChI is InChI=1S/C17H19NO5/c1-2-22-14(19)10-11-15(20)23-16(12-6-4-3-5-7-12)17(21)18-13-8-9-13/h3-7,10-11,13,16H,2,8-9H2,1H3,(H,18,21)/b11-10+/t16-/m1/s1. The maximum absolute atomic E-state index is 12.3. The van der Waals surface area contributed by atoms with Crippen LogP contribution in [-0.4, -0.2) is 30.5 Å². The normalized spacial score (nSPS) is 15.0. The summed E-state index contributed by atoms with van der Waals surface area (Å²) in [4.78, 5) is 35.3. The summed E-state index contributed by atoms with van der Waals surface area (Å²) >= 11 is 0. The lowest BCUT2D eigenvalue weighted by Gasteiger charge is -2.17. The Labute approximate surface area is 134 Å². The van der Waals surface area contributed by atoms with Crippen LogP contribution < -0.4 is 5.32 Å². The zero-order chi connectivity index (χ0) is 16.7. The molecule has 0 unspecified atom stereocenters. The molecule has 1 amide bonds. The molecule has 6 heteroatoms. The first kappa shape index (κ1) is 16.7. The van der Waals surface area contributed by atoms with Crippen LogP contribution in [0.1, 0.15) is 31.4 Å². The lowest BCUT2D eigenvalue weighted by Crippen LogP contribution is -2.33. The molecule has 1 N–H and O–H groups in total. The van der Waals surface area contributed by atoms with Crippen molar-refractivity contribution in [3.05, 3.63) is 48.0 Å². The Hall–Kier alpha value is -2.63. The van der Waals surface area contributed by atoms with Crippen LogP contribution in [0.4, 0.5) is 0 Å². The molecule has 1 saturated carbocycles. The number of hydrogen-bond donors (Lipinski definition) is 1. The van der Waals surface area contributed by atoms with Crippen LogP contribution in [0.5, 0.6) is 0 Å². The monoisotopic (exact) mass is 317 g/mol. The van der Waals surface area contributed by atoms with E-state index >= 15 is 0 Å². The minimum Gasteiger partial charge on any atom is -0.463 e. The minimum absolute atomic E-state index is 0.155. The third kappa shape index (κ3) is 5.58. The summed E-state index contributed by atoms with van der Waals surface area (Å²) in [6, 6.07) is 8.90. The summed E-state index contributed by atoms with van der Waals surface area (Å²) in [5.74, 6) is -1.78. The lowest BCUT2D eigenvalue weighted by atomic mass is 10.1. The van der Waals surface area contributed by atoms with Crippen LogP contribution >= 0.6 is 0 Å². The van der Waals surface area contributed by atoms with E-state index in [-0.39, 0.29) is 18.6 Å². The van der Waals surface area contributed by atoms with Gasteiger partial charge in [-0.25, -0.2) is 9.59 Å². The van der Waals surface area contributed by atoms with E-state index in [1.54, 1.807) is 31.2 Å². The average molecular weight is 317 g/mol. The van der Waals surface area contributed by atoms with Gasteiger partial charge in [-0.2, -0.15) is 0 Å². The van der Waals surface area contributed by atoms with Gasteiger partial charge in [0.2, 0.25) is 6.10 Å². The van der Waals surface area contributed by atoms with Crippen LogP contribution in [0.25, 0.3) is 0 Å². The van der Waals surface area contributed by atoms with Crippen LogP contribution in [-0.2, 0) is 23.9 Å². The van der Waals surface area contributed by atoms with Crippen molar-refractivity contribution < 1.29 is 23.9 Å². The van der Waals surface area contributed by atoms with E-state index in [9.17, 15) is 14.4 Å². The summed E-state index contributed by atoms with van der Waals surface area (Å²) in [6.45, 7) is 1.88. The molecule has 0 bridgehead atoms. The minimum atomic E-state index is -1.05. The molecule has 0 aliphatic heterocycles. The van der Waals surface area contributed by atoms with Crippen LogP contribution in [0.2, 0.25) is 0 Å². The molecule has 1 fully saturated rings. The van der Waals surface area contributed by atoms with Gasteiger partial charge in [0.1, 0.15) is 0 Å². The smallest absolute Gasteiger partial charge is 0.332 e. The summed E-state index contributed by atoms with van der Waals surface area (Å²) in [5.41, 5.74) is 0.573. The van der Waals surface area contributed by atoms with Crippen molar-refractivity contribution in [3.8, 4) is 0 Å². The van der Waals surface area contributed by atoms with Gasteiger partial charge in [-0.05, 0) is 19.8 Å². The Bertz CT molecular complexity index is 592. The SMILES string of the molecule is CCOC(=O)/C=C/C(=O)O[C@@H](C(=O)NC1CC1)c1ccccc1. The Morgan fingerprint density at radius 1 is 1.17 bits per heavy atom. The Kier molecular flexibility index (Phi) is 5.91. The Balaban J connectivity index is 2.03. The van der Waals surface area contributed by atoms with E-state index in [2.05, 4.69) is 10.1 Å². The third-order valence-corrected chi connectivity index (χ3v) is 3.14. The third-order valence-electron chi connectivity index (χ3n) is 3.14. The first-order chi connectivity index (χ1) is 11.1. The van der Waals surface area contributed by atoms with Gasteiger partial charge in [0.15, 0.2) is 0 Å². The quantitative estimate of drug-likeness (QED) is 0.611. The molecule has 0 spiro atoms. The summed E-state index contributed by atoms with van der Waals surface area (Å²) in [5, 5.41) is 2.81. The molecule has 0 radical (unpaired) electrons. The lowest BCUT2D eigenvalue weighted by molar-refractivity contribution is -0.152. The fraction of sp³-hybridized carbons (Fsp3) is 0.353. The molecule has 122 valence electrons. The zero-order valence-electron chi connectivity index (χ0n) is 12.9. The van der Waals surface area contributed by atoms with Crippen LogP contribution in [0, 0.1) is 0 Å². The van der Waals surface area contributed by atoms with Gasteiger partial charge in [0, 0.05) is 23.8 Å². The molecule has 0 heterocycles. The van der Waals surface area contributed by atoms with Gasteiger partial charge in [-0.3, -0.25) is 4.79 Å². The van der Waals surface area contributed by atoms with Gasteiger partial charge >= 0.3 is 11.9 Å². The number of carbonyl (C=O) groups is 3. The molecule has 1 atom stereocenters. The number of carbonyl (C=O) groups excluding carboxylic acids is 3. The van der Waals surface area contributed by atoms with Gasteiger partial charge in [-0.1, -0.05) is 30.3 Å². The largest absolute Gasteiger partial charge is 0.463 e. The van der Waals surface area contributed by atoms with E-state index in [0.29, 0.717) is 5.56 Å². The maximum atomic E-state index is 12.3. The van der Waals surface area contributed by atoms with E-state index < -0.39 is 18.0 Å². The number of benzene rings is 1. The molecular weight excluding hydrogens is 298 g/mol. The molecule has 2 rings (SSSR count). The van der Waals surface area contributed by atoms with Crippen molar-refractivity contribution in [1.82, 2.24) is 5.32 Å². The Morgan fingerprint density at radius 2 is 1.83 bits per heavy atom. The van der Waals surface area contributed by atoms with E-state index in [1.165, 1.54) is 0 Å². The number of ether oxygens (including phenoxy) is 2. The van der Waals surface area contributed by atoms with Crippen molar-refractivity contribution in [2.75, 3.05) is 6.61 Å². The highest BCUT2D eigenvalue weighted by atomic mass is 16.5. The second-order valence-electron chi connectivity index (χ2n) is 5.10. The predicted molar refractivity (Wildman–Crippen MR) is 82.2 cm³/mol. The second kappa shape index (κ2) is 8.12. The van der Waals surface area contributed by atoms with Gasteiger partial charge in [0.05, 0.1) is 6.61 Å². The number of esters is 2. The van der Waals surface area contributed by atoms with Crippen molar-refractivity contribution in [1.29, 1.82) is 0 Å². The van der Waals surface area contributed by atoms with E-state index in [4.69, 9.17) is 4.74 Å². The van der Waals surface area contributed by atoms with Gasteiger partial charge < -0.3 is 14.8 Å². The molecule has 1 aliphatic rings. The van der Waals surface area contributed by atoms with E-state index in [0.717, 1.165) is 25.0 Å². The summed E-state index contributed by atoms with van der Waals surface area (Å²) < 4.78 is 9.89. The zero-order valence-corrected chi connectivity index (χ0v) is 12.9. The Morgan fingerprint density at radius 3 is 2.43 bits per heavy atom. The molecule has 0 saturated heterocycles. The number of hydrogen-bond acceptors (Lipinski definition) is 5. The predicted octanol–water partition coefficient (Wildman–Crippen LogP) is 1.67. The maximum Gasteiger partial charge on any atom is 0.332 e. The number of nitrogens with one attached hydrogen (secondary N) is 1. The molecule has 0 aromatic heterocycles. The number of rotatable bonds is 7. The average Bonchev–Trinajstić information content (AvgIpc) is 3.35. The molecule has 1 aliphatic carbocycles. The van der Waals surface area contributed by atoms with Crippen LogP contribution in [0.15, 0.2) is 42.5 Å². The molecule has 6 nitrogen and oxygen atoms in total. The van der Waals surface area contributed by atoms with Crippen molar-refractivity contribution >= 4 is 17.8 Å². The fourth-order valence-electron chi connectivity index (χ4n) is 1.89. The molecular formula is C17H19NO5. The van der Waals surface area contributed by atoms with Crippen LogP contribution in [0.3, 0.4) is 0 Å². The second-order valence-corrected chi connectivity index (χ2v) is 5.10. The molecule has 1 aromatic carbocycles. The van der Waals surface area contributed by atoms with Gasteiger partial charge in [0.25, 0.3) is 5.91 Å². The number of amides is 1. The van der Waals surface area contributed by atoms with Gasteiger partial charge in [-0.15, -0.1) is 0 Å². The van der Waals surface area contributed by atoms with E-state index in [1.807, 2.05) is 6.07 Å². The van der Waals surface area contributed by atoms with Crippen molar-refractivity contribution in [3.63, 3.8) is 0 Å². The summed E-state index contributed by atoms with van der Waals surface area (Å²) in [6.07, 6.45) is 2.76. The highest BCUT2D eigenvalue weighted by Gasteiger charge is 2.30.